The molecule has 0 aliphatic rings. The summed E-state index contributed by atoms with van der Waals surface area (Å²) in [5.41, 5.74) is 2.30. The van der Waals surface area contributed by atoms with Crippen molar-refractivity contribution in [1.29, 1.82) is 0 Å². The van der Waals surface area contributed by atoms with Gasteiger partial charge in [-0.3, -0.25) is 4.79 Å². The number of benzene rings is 2. The van der Waals surface area contributed by atoms with E-state index in [-0.39, 0.29) is 5.91 Å². The van der Waals surface area contributed by atoms with Crippen LogP contribution in [0.15, 0.2) is 71.3 Å². The number of nitrogens with zero attached hydrogens (tertiary/aromatic N) is 1. The predicted octanol–water partition coefficient (Wildman–Crippen LogP) is 5.77. The maximum Gasteiger partial charge on any atom is 0.289 e. The number of hydrogen-bond donors (Lipinski definition) is 0. The molecule has 3 rings (SSSR count). The average molecular weight is 422 g/mol. The highest BCUT2D eigenvalue weighted by atomic mass is 16.5. The van der Waals surface area contributed by atoms with E-state index in [9.17, 15) is 4.79 Å². The average Bonchev–Trinajstić information content (AvgIpc) is 3.33. The first-order chi connectivity index (χ1) is 15.0. The fraction of sp³-hybridized carbons (Fsp3) is 0.346. The van der Waals surface area contributed by atoms with Gasteiger partial charge in [-0.2, -0.15) is 0 Å². The second kappa shape index (κ2) is 10.7. The van der Waals surface area contributed by atoms with Crippen molar-refractivity contribution in [1.82, 2.24) is 4.90 Å². The Morgan fingerprint density at radius 1 is 0.935 bits per heavy atom. The van der Waals surface area contributed by atoms with Crippen molar-refractivity contribution in [3.05, 3.63) is 83.8 Å². The Morgan fingerprint density at radius 3 is 2.06 bits per heavy atom. The third-order valence-electron chi connectivity index (χ3n) is 5.61. The second-order valence-electron chi connectivity index (χ2n) is 7.96. The molecule has 0 aliphatic heterocycles. The van der Waals surface area contributed by atoms with E-state index in [2.05, 4.69) is 26.0 Å². The SMILES string of the molecule is COc1ccc(CN(CC[C@@H](c2ccc(OC)cc2)C(C)C)C(=O)c2ccco2)cc1. The van der Waals surface area contributed by atoms with Crippen molar-refractivity contribution >= 4 is 5.91 Å². The number of carbonyl (C=O) groups excluding carboxylic acids is 1. The molecule has 0 saturated carbocycles. The first-order valence-corrected chi connectivity index (χ1v) is 10.6. The van der Waals surface area contributed by atoms with Crippen LogP contribution in [0.4, 0.5) is 0 Å². The molecule has 0 radical (unpaired) electrons. The van der Waals surface area contributed by atoms with Gasteiger partial charge in [0.25, 0.3) is 5.91 Å². The molecule has 164 valence electrons. The first kappa shape index (κ1) is 22.5. The Bertz CT molecular complexity index is 931. The number of furan rings is 1. The van der Waals surface area contributed by atoms with Crippen molar-refractivity contribution in [2.24, 2.45) is 5.92 Å². The van der Waals surface area contributed by atoms with Gasteiger partial charge in [-0.15, -0.1) is 0 Å². The summed E-state index contributed by atoms with van der Waals surface area (Å²) >= 11 is 0. The molecule has 1 heterocycles. The van der Waals surface area contributed by atoms with Crippen LogP contribution in [0.2, 0.25) is 0 Å². The monoisotopic (exact) mass is 421 g/mol. The number of carbonyl (C=O) groups is 1. The number of amides is 1. The van der Waals surface area contributed by atoms with Gasteiger partial charge in [-0.05, 0) is 65.8 Å². The smallest absolute Gasteiger partial charge is 0.289 e. The van der Waals surface area contributed by atoms with Crippen LogP contribution in [-0.4, -0.2) is 31.6 Å². The van der Waals surface area contributed by atoms with E-state index in [1.807, 2.05) is 41.3 Å². The number of methoxy groups -OCH3 is 2. The topological polar surface area (TPSA) is 51.9 Å². The van der Waals surface area contributed by atoms with Crippen molar-refractivity contribution in [3.8, 4) is 11.5 Å². The molecular formula is C26H31NO4. The molecule has 0 unspecified atom stereocenters. The predicted molar refractivity (Wildman–Crippen MR) is 122 cm³/mol. The minimum absolute atomic E-state index is 0.0990. The molecule has 1 aromatic heterocycles. The summed E-state index contributed by atoms with van der Waals surface area (Å²) < 4.78 is 15.9. The van der Waals surface area contributed by atoms with E-state index in [0.717, 1.165) is 23.5 Å². The molecule has 0 spiro atoms. The van der Waals surface area contributed by atoms with Crippen LogP contribution >= 0.6 is 0 Å². The zero-order chi connectivity index (χ0) is 22.2. The van der Waals surface area contributed by atoms with Gasteiger partial charge in [0.15, 0.2) is 5.76 Å². The zero-order valence-electron chi connectivity index (χ0n) is 18.7. The zero-order valence-corrected chi connectivity index (χ0v) is 18.7. The third kappa shape index (κ3) is 5.91. The Hall–Kier alpha value is -3.21. The lowest BCUT2D eigenvalue weighted by Gasteiger charge is -2.27. The van der Waals surface area contributed by atoms with Crippen LogP contribution < -0.4 is 9.47 Å². The minimum atomic E-state index is -0.0990. The molecule has 5 heteroatoms. The molecule has 0 aliphatic carbocycles. The number of rotatable bonds is 10. The summed E-state index contributed by atoms with van der Waals surface area (Å²) in [6.45, 7) is 5.57. The molecule has 1 amide bonds. The van der Waals surface area contributed by atoms with Crippen LogP contribution in [0.5, 0.6) is 11.5 Å². The van der Waals surface area contributed by atoms with E-state index in [1.165, 1.54) is 11.8 Å². The summed E-state index contributed by atoms with van der Waals surface area (Å²) in [6, 6.07) is 19.5. The highest BCUT2D eigenvalue weighted by Gasteiger charge is 2.22. The lowest BCUT2D eigenvalue weighted by atomic mass is 9.85. The fourth-order valence-electron chi connectivity index (χ4n) is 3.79. The van der Waals surface area contributed by atoms with E-state index in [0.29, 0.717) is 30.7 Å². The van der Waals surface area contributed by atoms with Crippen LogP contribution in [0, 0.1) is 5.92 Å². The van der Waals surface area contributed by atoms with Crippen LogP contribution in [0.25, 0.3) is 0 Å². The Balaban J connectivity index is 1.77. The number of hydrogen-bond acceptors (Lipinski definition) is 4. The van der Waals surface area contributed by atoms with Crippen LogP contribution in [0.1, 0.15) is 47.9 Å². The minimum Gasteiger partial charge on any atom is -0.497 e. The summed E-state index contributed by atoms with van der Waals surface area (Å²) in [4.78, 5) is 15.0. The Kier molecular flexibility index (Phi) is 7.76. The van der Waals surface area contributed by atoms with Gasteiger partial charge in [0.1, 0.15) is 11.5 Å². The van der Waals surface area contributed by atoms with Crippen molar-refractivity contribution in [2.75, 3.05) is 20.8 Å². The summed E-state index contributed by atoms with van der Waals surface area (Å²) in [5, 5.41) is 0. The first-order valence-electron chi connectivity index (χ1n) is 10.6. The molecule has 0 bridgehead atoms. The second-order valence-corrected chi connectivity index (χ2v) is 7.96. The van der Waals surface area contributed by atoms with Gasteiger partial charge < -0.3 is 18.8 Å². The molecule has 0 fully saturated rings. The van der Waals surface area contributed by atoms with E-state index < -0.39 is 0 Å². The maximum atomic E-state index is 13.1. The summed E-state index contributed by atoms with van der Waals surface area (Å²) in [6.07, 6.45) is 2.39. The van der Waals surface area contributed by atoms with Gasteiger partial charge in [0.05, 0.1) is 20.5 Å². The van der Waals surface area contributed by atoms with Crippen molar-refractivity contribution < 1.29 is 18.7 Å². The van der Waals surface area contributed by atoms with Crippen molar-refractivity contribution in [2.45, 2.75) is 32.7 Å². The highest BCUT2D eigenvalue weighted by molar-refractivity contribution is 5.91. The fourth-order valence-corrected chi connectivity index (χ4v) is 3.79. The van der Waals surface area contributed by atoms with Gasteiger partial charge in [-0.25, -0.2) is 0 Å². The maximum absolute atomic E-state index is 13.1. The molecule has 2 aromatic carbocycles. The van der Waals surface area contributed by atoms with E-state index in [4.69, 9.17) is 13.9 Å². The molecular weight excluding hydrogens is 390 g/mol. The quantitative estimate of drug-likeness (QED) is 0.417. The molecule has 0 N–H and O–H groups in total. The Labute approximate surface area is 184 Å². The third-order valence-corrected chi connectivity index (χ3v) is 5.61. The van der Waals surface area contributed by atoms with Crippen LogP contribution in [0.3, 0.4) is 0 Å². The van der Waals surface area contributed by atoms with Gasteiger partial charge in [0.2, 0.25) is 0 Å². The van der Waals surface area contributed by atoms with Crippen LogP contribution in [-0.2, 0) is 6.54 Å². The number of ether oxygens (including phenoxy) is 2. The van der Waals surface area contributed by atoms with Gasteiger partial charge in [0, 0.05) is 13.1 Å². The normalized spacial score (nSPS) is 11.9. The lowest BCUT2D eigenvalue weighted by Crippen LogP contribution is -2.32. The molecule has 1 atom stereocenters. The Morgan fingerprint density at radius 2 is 1.55 bits per heavy atom. The summed E-state index contributed by atoms with van der Waals surface area (Å²) in [5.74, 6) is 2.67. The van der Waals surface area contributed by atoms with Gasteiger partial charge in [-0.1, -0.05) is 38.1 Å². The van der Waals surface area contributed by atoms with Gasteiger partial charge >= 0.3 is 0 Å². The standard InChI is InChI=1S/C26H31NO4/c1-19(2)24(21-9-13-23(30-4)14-10-21)15-16-27(26(28)25-6-5-17-31-25)18-20-7-11-22(29-3)12-8-20/h5-14,17,19,24H,15-16,18H2,1-4H3/t24-/m1/s1. The van der Waals surface area contributed by atoms with E-state index in [1.54, 1.807) is 26.4 Å². The van der Waals surface area contributed by atoms with Crippen molar-refractivity contribution in [3.63, 3.8) is 0 Å². The van der Waals surface area contributed by atoms with E-state index >= 15 is 0 Å². The molecule has 0 saturated heterocycles. The molecule has 3 aromatic rings. The summed E-state index contributed by atoms with van der Waals surface area (Å²) in [7, 11) is 3.32. The molecule has 31 heavy (non-hydrogen) atoms. The molecule has 5 nitrogen and oxygen atoms in total. The lowest BCUT2D eigenvalue weighted by molar-refractivity contribution is 0.0702. The largest absolute Gasteiger partial charge is 0.497 e. The highest BCUT2D eigenvalue weighted by Crippen LogP contribution is 2.30.